The maximum atomic E-state index is 12.1. The van der Waals surface area contributed by atoms with Crippen molar-refractivity contribution >= 4 is 46.9 Å². The van der Waals surface area contributed by atoms with E-state index in [9.17, 15) is 9.59 Å². The van der Waals surface area contributed by atoms with Crippen LogP contribution in [-0.2, 0) is 16.2 Å². The molecule has 186 valence electrons. The van der Waals surface area contributed by atoms with E-state index >= 15 is 0 Å². The molecule has 0 saturated heterocycles. The van der Waals surface area contributed by atoms with Gasteiger partial charge in [-0.2, -0.15) is 5.10 Å². The standard InChI is InChI=1S/C26H23Cl2N3O5/c1-3-12-35-20-10-8-19(9-11-20)30-25(32)26(33)31-29-15-17-13-22(28)24(23(14-17)34-2)36-16-18-6-4-5-7-21(18)27/h3-11,13-15H,1,12,16H2,2H3,(H,30,32)(H,31,33)/b29-15-. The molecule has 0 aliphatic carbocycles. The molecule has 36 heavy (non-hydrogen) atoms. The van der Waals surface area contributed by atoms with Gasteiger partial charge in [-0.1, -0.05) is 54.1 Å². The second-order valence-corrected chi connectivity index (χ2v) is 8.01. The van der Waals surface area contributed by atoms with Crippen LogP contribution in [0, 0.1) is 0 Å². The van der Waals surface area contributed by atoms with Crippen LogP contribution in [0.25, 0.3) is 0 Å². The third kappa shape index (κ3) is 7.49. The quantitative estimate of drug-likeness (QED) is 0.163. The third-order valence-electron chi connectivity index (χ3n) is 4.65. The van der Waals surface area contributed by atoms with Crippen molar-refractivity contribution in [1.82, 2.24) is 5.43 Å². The Bertz CT molecular complexity index is 1260. The normalized spacial score (nSPS) is 10.5. The molecule has 8 nitrogen and oxygen atoms in total. The SMILES string of the molecule is C=CCOc1ccc(NC(=O)C(=O)N/N=C\c2cc(Cl)c(OCc3ccccc3Cl)c(OC)c2)cc1. The summed E-state index contributed by atoms with van der Waals surface area (Å²) in [4.78, 5) is 24.2. The maximum Gasteiger partial charge on any atom is 0.329 e. The molecule has 2 amide bonds. The van der Waals surface area contributed by atoms with Crippen LogP contribution in [0.5, 0.6) is 17.2 Å². The Morgan fingerprint density at radius 3 is 2.44 bits per heavy atom. The number of anilines is 1. The highest BCUT2D eigenvalue weighted by Crippen LogP contribution is 2.37. The van der Waals surface area contributed by atoms with Crippen molar-refractivity contribution in [3.05, 3.63) is 94.5 Å². The van der Waals surface area contributed by atoms with Gasteiger partial charge in [0.05, 0.1) is 18.3 Å². The summed E-state index contributed by atoms with van der Waals surface area (Å²) in [6.07, 6.45) is 2.94. The van der Waals surface area contributed by atoms with Crippen molar-refractivity contribution in [3.8, 4) is 17.2 Å². The predicted octanol–water partition coefficient (Wildman–Crippen LogP) is 5.23. The molecule has 0 fully saturated rings. The summed E-state index contributed by atoms with van der Waals surface area (Å²) < 4.78 is 16.6. The molecule has 2 N–H and O–H groups in total. The van der Waals surface area contributed by atoms with Crippen LogP contribution in [0.2, 0.25) is 10.0 Å². The lowest BCUT2D eigenvalue weighted by atomic mass is 10.2. The molecule has 0 unspecified atom stereocenters. The van der Waals surface area contributed by atoms with Gasteiger partial charge in [0, 0.05) is 16.3 Å². The molecule has 0 aliphatic rings. The molecule has 0 aromatic heterocycles. The molecule has 3 aromatic rings. The Labute approximate surface area is 218 Å². The first kappa shape index (κ1) is 26.6. The molecule has 3 aromatic carbocycles. The van der Waals surface area contributed by atoms with E-state index in [4.69, 9.17) is 37.4 Å². The molecule has 3 rings (SSSR count). The minimum atomic E-state index is -0.948. The molecule has 0 saturated carbocycles. The van der Waals surface area contributed by atoms with Crippen molar-refractivity contribution in [3.63, 3.8) is 0 Å². The molecule has 0 spiro atoms. The van der Waals surface area contributed by atoms with E-state index in [0.29, 0.717) is 40.1 Å². The van der Waals surface area contributed by atoms with Gasteiger partial charge in [0.25, 0.3) is 0 Å². The second-order valence-electron chi connectivity index (χ2n) is 7.19. The van der Waals surface area contributed by atoms with Crippen molar-refractivity contribution < 1.29 is 23.8 Å². The fourth-order valence-corrected chi connectivity index (χ4v) is 3.38. The van der Waals surface area contributed by atoms with Crippen molar-refractivity contribution in [2.75, 3.05) is 19.0 Å². The highest BCUT2D eigenvalue weighted by Gasteiger charge is 2.14. The lowest BCUT2D eigenvalue weighted by Gasteiger charge is -2.14. The number of methoxy groups -OCH3 is 1. The van der Waals surface area contributed by atoms with E-state index in [1.54, 1.807) is 48.5 Å². The van der Waals surface area contributed by atoms with Gasteiger partial charge in [0.15, 0.2) is 11.5 Å². The number of hydrogen-bond acceptors (Lipinski definition) is 6. The fraction of sp³-hybridized carbons (Fsp3) is 0.115. The summed E-state index contributed by atoms with van der Waals surface area (Å²) in [5.41, 5.74) is 3.90. The van der Waals surface area contributed by atoms with E-state index in [-0.39, 0.29) is 11.6 Å². The van der Waals surface area contributed by atoms with Gasteiger partial charge in [-0.3, -0.25) is 9.59 Å². The van der Waals surface area contributed by atoms with Gasteiger partial charge < -0.3 is 19.5 Å². The van der Waals surface area contributed by atoms with E-state index in [1.165, 1.54) is 13.3 Å². The average molecular weight is 528 g/mol. The highest BCUT2D eigenvalue weighted by molar-refractivity contribution is 6.39. The van der Waals surface area contributed by atoms with E-state index in [0.717, 1.165) is 5.56 Å². The molecule has 0 heterocycles. The van der Waals surface area contributed by atoms with Crippen LogP contribution in [-0.4, -0.2) is 31.7 Å². The van der Waals surface area contributed by atoms with Gasteiger partial charge in [-0.05, 0) is 48.0 Å². The van der Waals surface area contributed by atoms with Gasteiger partial charge >= 0.3 is 11.8 Å². The molecule has 10 heteroatoms. The Kier molecular flexibility index (Phi) is 9.73. The molecular formula is C26H23Cl2N3O5. The van der Waals surface area contributed by atoms with Gasteiger partial charge in [0.1, 0.15) is 19.0 Å². The average Bonchev–Trinajstić information content (AvgIpc) is 2.88. The fourth-order valence-electron chi connectivity index (χ4n) is 2.91. The summed E-state index contributed by atoms with van der Waals surface area (Å²) in [6, 6.07) is 17.0. The highest BCUT2D eigenvalue weighted by atomic mass is 35.5. The predicted molar refractivity (Wildman–Crippen MR) is 140 cm³/mol. The monoisotopic (exact) mass is 527 g/mol. The number of rotatable bonds is 10. The molecule has 0 radical (unpaired) electrons. The third-order valence-corrected chi connectivity index (χ3v) is 5.30. The summed E-state index contributed by atoms with van der Waals surface area (Å²) in [6.45, 7) is 4.13. The van der Waals surface area contributed by atoms with Crippen LogP contribution in [0.4, 0.5) is 5.69 Å². The first-order chi connectivity index (χ1) is 17.4. The largest absolute Gasteiger partial charge is 0.493 e. The first-order valence-corrected chi connectivity index (χ1v) is 11.4. The zero-order valence-corrected chi connectivity index (χ0v) is 20.8. The minimum absolute atomic E-state index is 0.193. The minimum Gasteiger partial charge on any atom is -0.493 e. The van der Waals surface area contributed by atoms with Gasteiger partial charge in [0.2, 0.25) is 0 Å². The van der Waals surface area contributed by atoms with E-state index < -0.39 is 11.8 Å². The molecule has 0 atom stereocenters. The van der Waals surface area contributed by atoms with Crippen LogP contribution in [0.1, 0.15) is 11.1 Å². The van der Waals surface area contributed by atoms with Crippen molar-refractivity contribution in [2.45, 2.75) is 6.61 Å². The zero-order valence-electron chi connectivity index (χ0n) is 19.3. The smallest absolute Gasteiger partial charge is 0.329 e. The number of benzene rings is 3. The number of nitrogens with zero attached hydrogens (tertiary/aromatic N) is 1. The Morgan fingerprint density at radius 1 is 1.00 bits per heavy atom. The number of amides is 2. The van der Waals surface area contributed by atoms with Crippen LogP contribution < -0.4 is 25.0 Å². The number of carbonyl (C=O) groups is 2. The Hall–Kier alpha value is -4.01. The molecular weight excluding hydrogens is 505 g/mol. The van der Waals surface area contributed by atoms with E-state index in [2.05, 4.69) is 22.4 Å². The zero-order chi connectivity index (χ0) is 25.9. The van der Waals surface area contributed by atoms with E-state index in [1.807, 2.05) is 18.2 Å². The first-order valence-electron chi connectivity index (χ1n) is 10.6. The Morgan fingerprint density at radius 2 is 1.75 bits per heavy atom. The summed E-state index contributed by atoms with van der Waals surface area (Å²) >= 11 is 12.5. The van der Waals surface area contributed by atoms with Gasteiger partial charge in [-0.15, -0.1) is 0 Å². The lowest BCUT2D eigenvalue weighted by molar-refractivity contribution is -0.136. The van der Waals surface area contributed by atoms with Crippen molar-refractivity contribution in [1.29, 1.82) is 0 Å². The van der Waals surface area contributed by atoms with Crippen molar-refractivity contribution in [2.24, 2.45) is 5.10 Å². The summed E-state index contributed by atoms with van der Waals surface area (Å²) in [7, 11) is 1.47. The molecule has 0 aliphatic heterocycles. The number of nitrogens with one attached hydrogen (secondary N) is 2. The summed E-state index contributed by atoms with van der Waals surface area (Å²) in [5.74, 6) is -0.528. The number of hydrogen-bond donors (Lipinski definition) is 2. The van der Waals surface area contributed by atoms with Crippen LogP contribution >= 0.6 is 23.2 Å². The lowest BCUT2D eigenvalue weighted by Crippen LogP contribution is -2.32. The van der Waals surface area contributed by atoms with Gasteiger partial charge in [-0.25, -0.2) is 5.43 Å². The Balaban J connectivity index is 1.58. The van der Waals surface area contributed by atoms with Crippen LogP contribution in [0.3, 0.4) is 0 Å². The number of carbonyl (C=O) groups excluding carboxylic acids is 2. The number of hydrazone groups is 1. The molecule has 0 bridgehead atoms. The van der Waals surface area contributed by atoms with Crippen LogP contribution in [0.15, 0.2) is 78.4 Å². The maximum absolute atomic E-state index is 12.1. The number of halogens is 2. The topological polar surface area (TPSA) is 98.2 Å². The number of ether oxygens (including phenoxy) is 3. The second kappa shape index (κ2) is 13.2. The summed E-state index contributed by atoms with van der Waals surface area (Å²) in [5, 5.41) is 7.13.